The average molecular weight is 401 g/mol. The molecule has 5 heteroatoms. The highest BCUT2D eigenvalue weighted by molar-refractivity contribution is 6.01. The van der Waals surface area contributed by atoms with E-state index in [1.165, 1.54) is 0 Å². The molecule has 31 heavy (non-hydrogen) atoms. The first kappa shape index (κ1) is 18.6. The summed E-state index contributed by atoms with van der Waals surface area (Å²) in [6.07, 6.45) is 0. The second kappa shape index (κ2) is 8.16. The van der Waals surface area contributed by atoms with Crippen molar-refractivity contribution in [2.75, 3.05) is 5.73 Å². The summed E-state index contributed by atoms with van der Waals surface area (Å²) in [5, 5.41) is 21.8. The minimum absolute atomic E-state index is 0.730. The first-order valence-electron chi connectivity index (χ1n) is 9.97. The van der Waals surface area contributed by atoms with Crippen molar-refractivity contribution in [1.82, 2.24) is 0 Å². The van der Waals surface area contributed by atoms with Crippen LogP contribution in [0.1, 0.15) is 0 Å². The zero-order valence-corrected chi connectivity index (χ0v) is 16.7. The Bertz CT molecular complexity index is 1440. The number of rotatable bonds is 4. The van der Waals surface area contributed by atoms with Crippen LogP contribution >= 0.6 is 0 Å². The second-order valence-corrected chi connectivity index (χ2v) is 7.10. The number of hydrogen-bond acceptors (Lipinski definition) is 5. The normalized spacial score (nSPS) is 11.7. The standard InChI is InChI=1S/C26H19N5/c27-23-14-15-24(20-11-5-4-10-19(20)23)30-31-26-17-16-25(21-12-6-7-13-22(21)26)29-28-18-8-2-1-3-9-18/h1-17H,27H2/b29-28+,31-30+. The molecule has 0 saturated heterocycles. The fraction of sp³-hybridized carbons (Fsp3) is 0. The molecule has 148 valence electrons. The molecule has 5 nitrogen and oxygen atoms in total. The van der Waals surface area contributed by atoms with Gasteiger partial charge in [0.05, 0.1) is 22.7 Å². The van der Waals surface area contributed by atoms with Crippen LogP contribution in [0.4, 0.5) is 28.4 Å². The van der Waals surface area contributed by atoms with Gasteiger partial charge in [-0.15, -0.1) is 15.3 Å². The zero-order chi connectivity index (χ0) is 21.0. The summed E-state index contributed by atoms with van der Waals surface area (Å²) in [4.78, 5) is 0. The van der Waals surface area contributed by atoms with Gasteiger partial charge in [0.2, 0.25) is 0 Å². The number of azo groups is 2. The van der Waals surface area contributed by atoms with Crippen molar-refractivity contribution in [1.29, 1.82) is 0 Å². The van der Waals surface area contributed by atoms with Gasteiger partial charge in [-0.05, 0) is 36.4 Å². The van der Waals surface area contributed by atoms with Crippen LogP contribution in [0.5, 0.6) is 0 Å². The van der Waals surface area contributed by atoms with Gasteiger partial charge < -0.3 is 5.73 Å². The van der Waals surface area contributed by atoms with Crippen LogP contribution in [0, 0.1) is 0 Å². The topological polar surface area (TPSA) is 75.5 Å². The van der Waals surface area contributed by atoms with Crippen LogP contribution in [0.25, 0.3) is 21.5 Å². The number of nitrogen functional groups attached to an aromatic ring is 1. The first-order valence-corrected chi connectivity index (χ1v) is 9.97. The lowest BCUT2D eigenvalue weighted by Gasteiger charge is -2.06. The fourth-order valence-electron chi connectivity index (χ4n) is 3.55. The Labute approximate surface area is 179 Å². The van der Waals surface area contributed by atoms with Crippen LogP contribution < -0.4 is 5.73 Å². The second-order valence-electron chi connectivity index (χ2n) is 7.10. The zero-order valence-electron chi connectivity index (χ0n) is 16.7. The third kappa shape index (κ3) is 3.76. The Morgan fingerprint density at radius 2 is 0.806 bits per heavy atom. The Morgan fingerprint density at radius 1 is 0.387 bits per heavy atom. The molecule has 2 N–H and O–H groups in total. The number of hydrogen-bond donors (Lipinski definition) is 1. The molecule has 0 aliphatic rings. The van der Waals surface area contributed by atoms with E-state index in [9.17, 15) is 0 Å². The Morgan fingerprint density at radius 3 is 1.39 bits per heavy atom. The van der Waals surface area contributed by atoms with Gasteiger partial charge in [-0.25, -0.2) is 0 Å². The molecule has 0 radical (unpaired) electrons. The van der Waals surface area contributed by atoms with Gasteiger partial charge in [0, 0.05) is 27.2 Å². The van der Waals surface area contributed by atoms with Crippen molar-refractivity contribution in [3.05, 3.63) is 103 Å². The van der Waals surface area contributed by atoms with E-state index in [0.29, 0.717) is 0 Å². The smallest absolute Gasteiger partial charge is 0.0936 e. The number of nitrogens with two attached hydrogens (primary N) is 1. The molecule has 0 bridgehead atoms. The molecule has 0 atom stereocenters. The molecule has 0 heterocycles. The minimum atomic E-state index is 0.730. The van der Waals surface area contributed by atoms with Gasteiger partial charge in [-0.2, -0.15) is 5.11 Å². The molecule has 0 unspecified atom stereocenters. The molecule has 0 aliphatic carbocycles. The maximum atomic E-state index is 6.10. The van der Waals surface area contributed by atoms with Gasteiger partial charge in [0.1, 0.15) is 0 Å². The van der Waals surface area contributed by atoms with Crippen molar-refractivity contribution < 1.29 is 0 Å². The summed E-state index contributed by atoms with van der Waals surface area (Å²) < 4.78 is 0. The highest BCUT2D eigenvalue weighted by Gasteiger charge is 2.07. The molecular formula is C26H19N5. The summed E-state index contributed by atoms with van der Waals surface area (Å²) in [6, 6.07) is 33.2. The van der Waals surface area contributed by atoms with E-state index in [-0.39, 0.29) is 0 Å². The largest absolute Gasteiger partial charge is 0.398 e. The van der Waals surface area contributed by atoms with Gasteiger partial charge in [-0.3, -0.25) is 0 Å². The van der Waals surface area contributed by atoms with Crippen molar-refractivity contribution in [2.24, 2.45) is 20.5 Å². The maximum Gasteiger partial charge on any atom is 0.0936 e. The number of anilines is 1. The molecule has 0 amide bonds. The third-order valence-corrected chi connectivity index (χ3v) is 5.11. The van der Waals surface area contributed by atoms with E-state index in [4.69, 9.17) is 5.73 Å². The van der Waals surface area contributed by atoms with E-state index >= 15 is 0 Å². The summed E-state index contributed by atoms with van der Waals surface area (Å²) in [5.41, 5.74) is 9.98. The first-order chi connectivity index (χ1) is 15.3. The average Bonchev–Trinajstić information content (AvgIpc) is 2.83. The fourth-order valence-corrected chi connectivity index (χ4v) is 3.55. The minimum Gasteiger partial charge on any atom is -0.398 e. The van der Waals surface area contributed by atoms with Gasteiger partial charge in [-0.1, -0.05) is 66.7 Å². The molecule has 0 saturated carbocycles. The lowest BCUT2D eigenvalue weighted by atomic mass is 10.1. The molecule has 5 rings (SSSR count). The van der Waals surface area contributed by atoms with Gasteiger partial charge in [0.15, 0.2) is 0 Å². The van der Waals surface area contributed by atoms with Gasteiger partial charge >= 0.3 is 0 Å². The van der Waals surface area contributed by atoms with Crippen LogP contribution in [0.3, 0.4) is 0 Å². The van der Waals surface area contributed by atoms with Crippen molar-refractivity contribution in [3.8, 4) is 0 Å². The predicted molar refractivity (Wildman–Crippen MR) is 127 cm³/mol. The third-order valence-electron chi connectivity index (χ3n) is 5.11. The molecule has 0 aromatic heterocycles. The Hall–Kier alpha value is -4.38. The number of fused-ring (bicyclic) bond motifs is 2. The van der Waals surface area contributed by atoms with Crippen molar-refractivity contribution in [3.63, 3.8) is 0 Å². The Balaban J connectivity index is 1.55. The van der Waals surface area contributed by atoms with E-state index in [1.54, 1.807) is 0 Å². The molecule has 0 aliphatic heterocycles. The SMILES string of the molecule is Nc1ccc(/N=N/c2ccc(/N=N/c3ccccc3)c3ccccc23)c2ccccc12. The van der Waals surface area contributed by atoms with Crippen molar-refractivity contribution in [2.45, 2.75) is 0 Å². The highest BCUT2D eigenvalue weighted by Crippen LogP contribution is 2.36. The van der Waals surface area contributed by atoms with Crippen molar-refractivity contribution >= 4 is 50.0 Å². The highest BCUT2D eigenvalue weighted by atomic mass is 15.1. The van der Waals surface area contributed by atoms with E-state index in [0.717, 1.165) is 50.0 Å². The summed E-state index contributed by atoms with van der Waals surface area (Å²) in [6.45, 7) is 0. The monoisotopic (exact) mass is 401 g/mol. The Kier molecular flexibility index (Phi) is 4.91. The molecular weight excluding hydrogens is 382 g/mol. The molecule has 5 aromatic carbocycles. The number of benzene rings is 5. The van der Waals surface area contributed by atoms with Crippen LogP contribution in [0.2, 0.25) is 0 Å². The van der Waals surface area contributed by atoms with Crippen LogP contribution in [-0.4, -0.2) is 0 Å². The quantitative estimate of drug-likeness (QED) is 0.238. The van der Waals surface area contributed by atoms with E-state index < -0.39 is 0 Å². The molecule has 0 spiro atoms. The summed E-state index contributed by atoms with van der Waals surface area (Å²) >= 11 is 0. The lowest BCUT2D eigenvalue weighted by molar-refractivity contribution is 1.23. The summed E-state index contributed by atoms with van der Waals surface area (Å²) in [5.74, 6) is 0. The lowest BCUT2D eigenvalue weighted by Crippen LogP contribution is -1.86. The van der Waals surface area contributed by atoms with E-state index in [2.05, 4.69) is 20.5 Å². The number of nitrogens with zero attached hydrogens (tertiary/aromatic N) is 4. The van der Waals surface area contributed by atoms with Gasteiger partial charge in [0.25, 0.3) is 0 Å². The molecule has 0 fully saturated rings. The maximum absolute atomic E-state index is 6.10. The molecule has 5 aromatic rings. The predicted octanol–water partition coefficient (Wildman–Crippen LogP) is 8.41. The summed E-state index contributed by atoms with van der Waals surface area (Å²) in [7, 11) is 0. The van der Waals surface area contributed by atoms with Crippen LogP contribution in [0.15, 0.2) is 124 Å². The van der Waals surface area contributed by atoms with E-state index in [1.807, 2.05) is 103 Å². The van der Waals surface area contributed by atoms with Crippen LogP contribution in [-0.2, 0) is 0 Å².